The van der Waals surface area contributed by atoms with Crippen molar-refractivity contribution in [2.24, 2.45) is 0 Å². The maximum absolute atomic E-state index is 13.1. The highest BCUT2D eigenvalue weighted by molar-refractivity contribution is 6.22. The van der Waals surface area contributed by atoms with E-state index in [-0.39, 0.29) is 45.4 Å². The molecule has 0 amide bonds. The van der Waals surface area contributed by atoms with Gasteiger partial charge < -0.3 is 50.7 Å². The number of rotatable bonds is 20. The van der Waals surface area contributed by atoms with E-state index in [0.29, 0.717) is 74.6 Å². The van der Waals surface area contributed by atoms with E-state index in [0.717, 1.165) is 11.1 Å². The van der Waals surface area contributed by atoms with Crippen LogP contribution < -0.4 is 20.1 Å². The summed E-state index contributed by atoms with van der Waals surface area (Å²) in [5, 5.41) is 62.1. The van der Waals surface area contributed by atoms with Crippen molar-refractivity contribution in [2.45, 2.75) is 36.8 Å². The number of hydrogen-bond donors (Lipinski definition) is 8. The summed E-state index contributed by atoms with van der Waals surface area (Å²) in [4.78, 5) is 13.1. The number of carbonyl (C=O) groups excluding carboxylic acids is 1. The Kier molecular flexibility index (Phi) is 12.3. The second-order valence-corrected chi connectivity index (χ2v) is 10.2. The van der Waals surface area contributed by atoms with Crippen LogP contribution in [0.4, 0.5) is 0 Å². The second-order valence-electron chi connectivity index (χ2n) is 10.2. The van der Waals surface area contributed by atoms with E-state index in [4.69, 9.17) is 9.47 Å². The van der Waals surface area contributed by atoms with Crippen LogP contribution in [-0.2, 0) is 0 Å². The van der Waals surface area contributed by atoms with Gasteiger partial charge in [0, 0.05) is 11.1 Å². The van der Waals surface area contributed by atoms with Gasteiger partial charge in [0.25, 0.3) is 0 Å². The van der Waals surface area contributed by atoms with Crippen LogP contribution in [0.1, 0.15) is 41.6 Å². The quantitative estimate of drug-likeness (QED) is 0.0856. The van der Waals surface area contributed by atoms with Crippen LogP contribution in [-0.4, -0.2) is 113 Å². The van der Waals surface area contributed by atoms with E-state index in [1.165, 1.54) is 0 Å². The third-order valence-corrected chi connectivity index (χ3v) is 7.26. The maximum Gasteiger partial charge on any atom is 0.194 e. The number of carbonyl (C=O) groups is 1. The fourth-order valence-electron chi connectivity index (χ4n) is 4.39. The van der Waals surface area contributed by atoms with E-state index >= 15 is 0 Å². The minimum Gasteiger partial charge on any atom is -0.494 e. The highest BCUT2D eigenvalue weighted by Gasteiger charge is 2.29. The van der Waals surface area contributed by atoms with Gasteiger partial charge in [-0.3, -0.25) is 4.79 Å². The second kappa shape index (κ2) is 15.4. The molecule has 11 heteroatoms. The number of unbranched alkanes of at least 4 members (excludes halogenated alkanes) is 2. The maximum atomic E-state index is 13.1. The Labute approximate surface area is 234 Å². The van der Waals surface area contributed by atoms with Crippen molar-refractivity contribution in [1.82, 2.24) is 10.6 Å². The molecule has 0 aromatic heterocycles. The van der Waals surface area contributed by atoms with Gasteiger partial charge in [0.2, 0.25) is 0 Å². The largest absolute Gasteiger partial charge is 0.494 e. The first-order chi connectivity index (χ1) is 19.4. The lowest BCUT2D eigenvalue weighted by atomic mass is 10.0. The minimum absolute atomic E-state index is 0.0870. The molecular formula is C29H42N2O9. The van der Waals surface area contributed by atoms with Gasteiger partial charge in [-0.15, -0.1) is 0 Å². The average molecular weight is 563 g/mol. The van der Waals surface area contributed by atoms with Crippen molar-refractivity contribution in [2.75, 3.05) is 65.9 Å². The zero-order chi connectivity index (χ0) is 29.0. The van der Waals surface area contributed by atoms with Crippen molar-refractivity contribution in [3.8, 4) is 22.6 Å². The molecule has 0 fully saturated rings. The number of aliphatic hydroxyl groups is 6. The molecule has 2 aromatic rings. The number of nitrogens with one attached hydrogen (secondary N) is 2. The molecule has 3 rings (SSSR count). The third-order valence-electron chi connectivity index (χ3n) is 7.26. The standard InChI is InChI=1S/C29H42N2O9/c32-15-28(16-33,17-34)30-9-1-3-11-39-21-5-7-23-24-8-6-22(14-26(24)27(38)25(23)13-21)40-12-4-2-10-31-29(18-35,19-36)20-37/h5-8,13-14,30-37H,1-4,9-12,15-20H2. The smallest absolute Gasteiger partial charge is 0.194 e. The molecule has 0 aliphatic heterocycles. The number of benzene rings is 2. The van der Waals surface area contributed by atoms with E-state index in [9.17, 15) is 35.4 Å². The normalized spacial score (nSPS) is 12.9. The van der Waals surface area contributed by atoms with Crippen LogP contribution in [0.3, 0.4) is 0 Å². The monoisotopic (exact) mass is 562 g/mol. The summed E-state index contributed by atoms with van der Waals surface area (Å²) in [5.41, 5.74) is 0.682. The molecule has 0 spiro atoms. The molecule has 1 aliphatic carbocycles. The topological polar surface area (TPSA) is 181 Å². The average Bonchev–Trinajstić information content (AvgIpc) is 3.27. The molecule has 8 N–H and O–H groups in total. The first kappa shape index (κ1) is 31.9. The van der Waals surface area contributed by atoms with Gasteiger partial charge in [0.05, 0.1) is 63.9 Å². The Hall–Kier alpha value is -2.61. The summed E-state index contributed by atoms with van der Waals surface area (Å²) in [5.74, 6) is 1.11. The predicted molar refractivity (Wildman–Crippen MR) is 149 cm³/mol. The lowest BCUT2D eigenvalue weighted by molar-refractivity contribution is 0.0421. The van der Waals surface area contributed by atoms with E-state index in [2.05, 4.69) is 10.6 Å². The molecule has 40 heavy (non-hydrogen) atoms. The highest BCUT2D eigenvalue weighted by atomic mass is 16.5. The molecule has 0 bridgehead atoms. The molecule has 0 unspecified atom stereocenters. The van der Waals surface area contributed by atoms with Crippen molar-refractivity contribution >= 4 is 5.78 Å². The van der Waals surface area contributed by atoms with Crippen LogP contribution in [0.15, 0.2) is 36.4 Å². The fraction of sp³-hybridized carbons (Fsp3) is 0.552. The van der Waals surface area contributed by atoms with Crippen LogP contribution >= 0.6 is 0 Å². The van der Waals surface area contributed by atoms with Crippen molar-refractivity contribution in [3.05, 3.63) is 47.5 Å². The van der Waals surface area contributed by atoms with Crippen LogP contribution in [0.2, 0.25) is 0 Å². The Morgan fingerprint density at radius 3 is 1.27 bits per heavy atom. The third kappa shape index (κ3) is 7.77. The van der Waals surface area contributed by atoms with E-state index < -0.39 is 11.1 Å². The van der Waals surface area contributed by atoms with Gasteiger partial charge in [-0.2, -0.15) is 0 Å². The number of hydrogen-bond acceptors (Lipinski definition) is 11. The summed E-state index contributed by atoms with van der Waals surface area (Å²) in [7, 11) is 0. The van der Waals surface area contributed by atoms with E-state index in [1.807, 2.05) is 24.3 Å². The lowest BCUT2D eigenvalue weighted by Gasteiger charge is -2.28. The van der Waals surface area contributed by atoms with Crippen LogP contribution in [0.5, 0.6) is 11.5 Å². The van der Waals surface area contributed by atoms with E-state index in [1.54, 1.807) is 12.1 Å². The number of ketones is 1. The van der Waals surface area contributed by atoms with Crippen molar-refractivity contribution in [1.29, 1.82) is 0 Å². The molecule has 11 nitrogen and oxygen atoms in total. The number of fused-ring (bicyclic) bond motifs is 3. The van der Waals surface area contributed by atoms with Gasteiger partial charge in [-0.05, 0) is 86.3 Å². The summed E-state index contributed by atoms with van der Waals surface area (Å²) >= 11 is 0. The Morgan fingerprint density at radius 2 is 0.925 bits per heavy atom. The molecule has 0 radical (unpaired) electrons. The van der Waals surface area contributed by atoms with Gasteiger partial charge in [-0.1, -0.05) is 0 Å². The molecule has 0 heterocycles. The van der Waals surface area contributed by atoms with Gasteiger partial charge in [0.15, 0.2) is 5.78 Å². The van der Waals surface area contributed by atoms with Crippen LogP contribution in [0, 0.1) is 0 Å². The Bertz CT molecular complexity index is 987. The molecule has 222 valence electrons. The van der Waals surface area contributed by atoms with Crippen LogP contribution in [0.25, 0.3) is 11.1 Å². The summed E-state index contributed by atoms with van der Waals surface area (Å²) in [6.07, 6.45) is 2.84. The SMILES string of the molecule is O=C1c2cc(OCCCCNC(CO)(CO)CO)ccc2-c2ccc(OCCCCNC(CO)(CO)CO)cc21. The molecular weight excluding hydrogens is 520 g/mol. The summed E-state index contributed by atoms with van der Waals surface area (Å²) < 4.78 is 11.7. The molecule has 2 aromatic carbocycles. The van der Waals surface area contributed by atoms with Gasteiger partial charge >= 0.3 is 0 Å². The minimum atomic E-state index is -1.09. The zero-order valence-corrected chi connectivity index (χ0v) is 22.8. The summed E-state index contributed by atoms with van der Waals surface area (Å²) in [6.45, 7) is -0.311. The first-order valence-corrected chi connectivity index (χ1v) is 13.6. The first-order valence-electron chi connectivity index (χ1n) is 13.6. The van der Waals surface area contributed by atoms with Gasteiger partial charge in [0.1, 0.15) is 11.5 Å². The molecule has 0 atom stereocenters. The van der Waals surface area contributed by atoms with Gasteiger partial charge in [-0.25, -0.2) is 0 Å². The van der Waals surface area contributed by atoms with Crippen molar-refractivity contribution < 1.29 is 44.9 Å². The van der Waals surface area contributed by atoms with Crippen molar-refractivity contribution in [3.63, 3.8) is 0 Å². The fourth-order valence-corrected chi connectivity index (χ4v) is 4.39. The number of ether oxygens (including phenoxy) is 2. The number of aliphatic hydroxyl groups excluding tert-OH is 6. The molecule has 0 saturated carbocycles. The predicted octanol–water partition coefficient (Wildman–Crippen LogP) is -0.173. The molecule has 0 saturated heterocycles. The lowest BCUT2D eigenvalue weighted by Crippen LogP contribution is -2.55. The zero-order valence-electron chi connectivity index (χ0n) is 22.8. The molecule has 1 aliphatic rings. The Morgan fingerprint density at radius 1 is 0.550 bits per heavy atom. The Balaban J connectivity index is 1.45. The summed E-state index contributed by atoms with van der Waals surface area (Å²) in [6, 6.07) is 10.9. The highest BCUT2D eigenvalue weighted by Crippen LogP contribution is 2.39.